The van der Waals surface area contributed by atoms with Crippen LogP contribution in [0.1, 0.15) is 12.0 Å². The number of hydrogen-bond acceptors (Lipinski definition) is 3. The number of carbonyl (C=O) groups is 2. The Hall–Kier alpha value is -2.89. The summed E-state index contributed by atoms with van der Waals surface area (Å²) in [6, 6.07) is 13.3. The van der Waals surface area contributed by atoms with Gasteiger partial charge in [-0.2, -0.15) is 0 Å². The molecule has 3 rings (SSSR count). The normalized spacial score (nSPS) is 18.3. The Labute approximate surface area is 145 Å². The monoisotopic (exact) mass is 342 g/mol. The molecule has 0 spiro atoms. The van der Waals surface area contributed by atoms with Crippen molar-refractivity contribution in [1.82, 2.24) is 5.32 Å². The number of methoxy groups -OCH3 is 1. The molecule has 2 aromatic carbocycles. The number of hydrogen-bond donors (Lipinski definition) is 2. The summed E-state index contributed by atoms with van der Waals surface area (Å²) in [5.41, 5.74) is 1.08. The van der Waals surface area contributed by atoms with Crippen molar-refractivity contribution in [3.63, 3.8) is 0 Å². The van der Waals surface area contributed by atoms with Crippen LogP contribution in [0.2, 0.25) is 0 Å². The minimum atomic E-state index is -0.356. The summed E-state index contributed by atoms with van der Waals surface area (Å²) < 4.78 is 18.6. The maximum absolute atomic E-state index is 13.5. The van der Waals surface area contributed by atoms with Gasteiger partial charge in [-0.1, -0.05) is 18.2 Å². The second kappa shape index (κ2) is 7.34. The molecule has 130 valence electrons. The van der Waals surface area contributed by atoms with E-state index < -0.39 is 0 Å². The zero-order chi connectivity index (χ0) is 17.8. The van der Waals surface area contributed by atoms with E-state index in [1.807, 2.05) is 0 Å². The van der Waals surface area contributed by atoms with Gasteiger partial charge in [0.25, 0.3) is 0 Å². The first-order valence-electron chi connectivity index (χ1n) is 8.04. The Bertz CT molecular complexity index is 776. The third-order valence-electron chi connectivity index (χ3n) is 4.23. The highest BCUT2D eigenvalue weighted by Gasteiger charge is 2.47. The van der Waals surface area contributed by atoms with Crippen molar-refractivity contribution in [3.8, 4) is 5.75 Å². The fourth-order valence-corrected chi connectivity index (χ4v) is 2.64. The number of amides is 2. The van der Waals surface area contributed by atoms with Crippen molar-refractivity contribution < 1.29 is 18.7 Å². The van der Waals surface area contributed by atoms with Crippen LogP contribution in [0.3, 0.4) is 0 Å². The molecule has 1 aliphatic rings. The molecule has 0 aliphatic heterocycles. The summed E-state index contributed by atoms with van der Waals surface area (Å²) in [5, 5.41) is 5.48. The molecule has 0 heterocycles. The molecule has 2 N–H and O–H groups in total. The lowest BCUT2D eigenvalue weighted by Crippen LogP contribution is -2.27. The van der Waals surface area contributed by atoms with E-state index in [1.54, 1.807) is 49.6 Å². The minimum absolute atomic E-state index is 0.120. The van der Waals surface area contributed by atoms with Gasteiger partial charge < -0.3 is 15.4 Å². The molecule has 25 heavy (non-hydrogen) atoms. The number of nitrogens with one attached hydrogen (secondary N) is 2. The lowest BCUT2D eigenvalue weighted by atomic mass is 10.2. The summed E-state index contributed by atoms with van der Waals surface area (Å²) in [4.78, 5) is 24.3. The summed E-state index contributed by atoms with van der Waals surface area (Å²) in [6.07, 6.45) is 0.505. The highest BCUT2D eigenvalue weighted by molar-refractivity contribution is 5.99. The molecule has 0 bridgehead atoms. The average Bonchev–Trinajstić information content (AvgIpc) is 3.42. The van der Waals surface area contributed by atoms with Crippen molar-refractivity contribution in [1.29, 1.82) is 0 Å². The molecule has 6 heteroatoms. The molecular weight excluding hydrogens is 323 g/mol. The zero-order valence-electron chi connectivity index (χ0n) is 13.8. The number of benzene rings is 2. The lowest BCUT2D eigenvalue weighted by molar-refractivity contribution is -0.125. The molecule has 1 fully saturated rings. The molecule has 0 aromatic heterocycles. The maximum Gasteiger partial charge on any atom is 0.228 e. The molecule has 2 aromatic rings. The van der Waals surface area contributed by atoms with Gasteiger partial charge in [0, 0.05) is 17.8 Å². The van der Waals surface area contributed by atoms with Gasteiger partial charge in [0.1, 0.15) is 11.6 Å². The molecule has 2 unspecified atom stereocenters. The van der Waals surface area contributed by atoms with Crippen LogP contribution >= 0.6 is 0 Å². The molecule has 1 aliphatic carbocycles. The zero-order valence-corrected chi connectivity index (χ0v) is 13.8. The molecule has 2 amide bonds. The van der Waals surface area contributed by atoms with Crippen LogP contribution in [-0.4, -0.2) is 18.9 Å². The van der Waals surface area contributed by atoms with Crippen molar-refractivity contribution in [2.45, 2.75) is 13.0 Å². The lowest BCUT2D eigenvalue weighted by Gasteiger charge is -2.07. The van der Waals surface area contributed by atoms with Crippen molar-refractivity contribution in [3.05, 3.63) is 59.9 Å². The number of rotatable bonds is 6. The SMILES string of the molecule is COc1ccc(NC(=O)C2CC2C(=O)NCc2ccccc2F)cc1. The molecule has 0 saturated heterocycles. The topological polar surface area (TPSA) is 67.4 Å². The van der Waals surface area contributed by atoms with Gasteiger partial charge in [0.05, 0.1) is 18.9 Å². The summed E-state index contributed by atoms with van der Waals surface area (Å²) in [7, 11) is 1.57. The minimum Gasteiger partial charge on any atom is -0.497 e. The van der Waals surface area contributed by atoms with Crippen molar-refractivity contribution >= 4 is 17.5 Å². The predicted molar refractivity (Wildman–Crippen MR) is 91.5 cm³/mol. The molecule has 5 nitrogen and oxygen atoms in total. The van der Waals surface area contributed by atoms with Gasteiger partial charge in [-0.3, -0.25) is 9.59 Å². The Morgan fingerprint density at radius 1 is 1.08 bits per heavy atom. The Morgan fingerprint density at radius 3 is 2.44 bits per heavy atom. The predicted octanol–water partition coefficient (Wildman–Crippen LogP) is 2.73. The second-order valence-electron chi connectivity index (χ2n) is 5.98. The first kappa shape index (κ1) is 17.0. The van der Waals surface area contributed by atoms with Crippen LogP contribution in [-0.2, 0) is 16.1 Å². The van der Waals surface area contributed by atoms with Gasteiger partial charge in [0.15, 0.2) is 0 Å². The summed E-state index contributed by atoms with van der Waals surface area (Å²) in [5.74, 6) is -0.760. The Morgan fingerprint density at radius 2 is 1.76 bits per heavy atom. The van der Waals surface area contributed by atoms with E-state index in [-0.39, 0.29) is 36.0 Å². The Balaban J connectivity index is 1.48. The smallest absolute Gasteiger partial charge is 0.228 e. The van der Waals surface area contributed by atoms with Gasteiger partial charge >= 0.3 is 0 Å². The standard InChI is InChI=1S/C19H19FN2O3/c1-25-14-8-6-13(7-9-14)22-19(24)16-10-15(16)18(23)21-11-12-4-2-3-5-17(12)20/h2-9,15-16H,10-11H2,1H3,(H,21,23)(H,22,24). The van der Waals surface area contributed by atoms with Gasteiger partial charge in [-0.15, -0.1) is 0 Å². The van der Waals surface area contributed by atoms with Crippen LogP contribution in [0.25, 0.3) is 0 Å². The number of ether oxygens (including phenoxy) is 1. The van der Waals surface area contributed by atoms with E-state index in [0.29, 0.717) is 23.4 Å². The average molecular weight is 342 g/mol. The van der Waals surface area contributed by atoms with Gasteiger partial charge in [-0.25, -0.2) is 4.39 Å². The van der Waals surface area contributed by atoms with Crippen molar-refractivity contribution in [2.24, 2.45) is 11.8 Å². The molecule has 1 saturated carbocycles. The first-order valence-corrected chi connectivity index (χ1v) is 8.04. The van der Waals surface area contributed by atoms with Crippen LogP contribution in [0, 0.1) is 17.7 Å². The number of carbonyl (C=O) groups excluding carboxylic acids is 2. The van der Waals surface area contributed by atoms with Crippen LogP contribution in [0.4, 0.5) is 10.1 Å². The van der Waals surface area contributed by atoms with Gasteiger partial charge in [-0.05, 0) is 36.8 Å². The van der Waals surface area contributed by atoms with Crippen LogP contribution in [0.15, 0.2) is 48.5 Å². The van der Waals surface area contributed by atoms with E-state index in [2.05, 4.69) is 10.6 Å². The first-order chi connectivity index (χ1) is 12.1. The number of anilines is 1. The largest absolute Gasteiger partial charge is 0.497 e. The van der Waals surface area contributed by atoms with Crippen LogP contribution < -0.4 is 15.4 Å². The second-order valence-corrected chi connectivity index (χ2v) is 5.98. The van der Waals surface area contributed by atoms with E-state index in [0.717, 1.165) is 0 Å². The fourth-order valence-electron chi connectivity index (χ4n) is 2.64. The Kier molecular flexibility index (Phi) is 4.97. The third kappa shape index (κ3) is 4.15. The van der Waals surface area contributed by atoms with Crippen molar-refractivity contribution in [2.75, 3.05) is 12.4 Å². The molecule has 0 radical (unpaired) electrons. The van der Waals surface area contributed by atoms with Crippen LogP contribution in [0.5, 0.6) is 5.75 Å². The molecular formula is C19H19FN2O3. The molecule has 2 atom stereocenters. The highest BCUT2D eigenvalue weighted by Crippen LogP contribution is 2.39. The maximum atomic E-state index is 13.5. The highest BCUT2D eigenvalue weighted by atomic mass is 19.1. The summed E-state index contributed by atoms with van der Waals surface area (Å²) >= 11 is 0. The van der Waals surface area contributed by atoms with E-state index in [1.165, 1.54) is 6.07 Å². The third-order valence-corrected chi connectivity index (χ3v) is 4.23. The van der Waals surface area contributed by atoms with Gasteiger partial charge in [0.2, 0.25) is 11.8 Å². The quantitative estimate of drug-likeness (QED) is 0.848. The fraction of sp³-hybridized carbons (Fsp3) is 0.263. The van der Waals surface area contributed by atoms with E-state index >= 15 is 0 Å². The number of halogens is 1. The van der Waals surface area contributed by atoms with E-state index in [4.69, 9.17) is 4.74 Å². The summed E-state index contributed by atoms with van der Waals surface area (Å²) in [6.45, 7) is 0.120. The van der Waals surface area contributed by atoms with E-state index in [9.17, 15) is 14.0 Å².